The third-order valence-corrected chi connectivity index (χ3v) is 2.51. The van der Waals surface area contributed by atoms with E-state index in [-0.39, 0.29) is 24.7 Å². The number of hydrogen-bond donors (Lipinski definition) is 1. The summed E-state index contributed by atoms with van der Waals surface area (Å²) in [6.45, 7) is 2.06. The van der Waals surface area contributed by atoms with E-state index < -0.39 is 11.9 Å². The second kappa shape index (κ2) is 8.04. The first-order chi connectivity index (χ1) is 9.58. The number of carbonyl (C=O) groups is 2. The monoisotopic (exact) mass is 282 g/mol. The standard InChI is InChI=1S/C14H18O6/c1-3-4-7-19-13(16)14(17)20-9-10-5-6-11(15)12(8-10)18-2/h5-6,8,15H,3-4,7,9H2,1-2H3. The Morgan fingerprint density at radius 3 is 2.55 bits per heavy atom. The summed E-state index contributed by atoms with van der Waals surface area (Å²) in [5, 5.41) is 9.41. The first-order valence-electron chi connectivity index (χ1n) is 6.28. The molecule has 0 bridgehead atoms. The van der Waals surface area contributed by atoms with Gasteiger partial charge in [0.25, 0.3) is 0 Å². The van der Waals surface area contributed by atoms with Crippen LogP contribution in [0.1, 0.15) is 25.3 Å². The Morgan fingerprint density at radius 1 is 1.20 bits per heavy atom. The molecule has 0 aliphatic carbocycles. The van der Waals surface area contributed by atoms with Crippen LogP contribution in [0.4, 0.5) is 0 Å². The predicted molar refractivity (Wildman–Crippen MR) is 70.3 cm³/mol. The smallest absolute Gasteiger partial charge is 0.417 e. The largest absolute Gasteiger partial charge is 0.504 e. The van der Waals surface area contributed by atoms with Gasteiger partial charge < -0.3 is 19.3 Å². The zero-order valence-corrected chi connectivity index (χ0v) is 11.5. The molecule has 0 fully saturated rings. The summed E-state index contributed by atoms with van der Waals surface area (Å²) in [4.78, 5) is 22.6. The van der Waals surface area contributed by atoms with Crippen molar-refractivity contribution in [1.29, 1.82) is 0 Å². The first-order valence-corrected chi connectivity index (χ1v) is 6.28. The Hall–Kier alpha value is -2.24. The summed E-state index contributed by atoms with van der Waals surface area (Å²) < 4.78 is 14.5. The van der Waals surface area contributed by atoms with Gasteiger partial charge >= 0.3 is 11.9 Å². The third-order valence-electron chi connectivity index (χ3n) is 2.51. The summed E-state index contributed by atoms with van der Waals surface area (Å²) in [6.07, 6.45) is 1.57. The maximum Gasteiger partial charge on any atom is 0.417 e. The Labute approximate surface area is 117 Å². The highest BCUT2D eigenvalue weighted by molar-refractivity contribution is 6.29. The molecule has 1 aromatic carbocycles. The van der Waals surface area contributed by atoms with Gasteiger partial charge in [-0.2, -0.15) is 0 Å². The van der Waals surface area contributed by atoms with Crippen LogP contribution in [0, 0.1) is 0 Å². The average Bonchev–Trinajstić information content (AvgIpc) is 2.46. The predicted octanol–water partition coefficient (Wildman–Crippen LogP) is 1.79. The number of hydrogen-bond acceptors (Lipinski definition) is 6. The summed E-state index contributed by atoms with van der Waals surface area (Å²) in [5.41, 5.74) is 0.592. The van der Waals surface area contributed by atoms with Crippen molar-refractivity contribution in [3.63, 3.8) is 0 Å². The number of unbranched alkanes of at least 4 members (excludes halogenated alkanes) is 1. The van der Waals surface area contributed by atoms with Gasteiger partial charge in [0.1, 0.15) is 6.61 Å². The van der Waals surface area contributed by atoms with Gasteiger partial charge in [-0.15, -0.1) is 0 Å². The summed E-state index contributed by atoms with van der Waals surface area (Å²) in [7, 11) is 1.41. The van der Waals surface area contributed by atoms with Crippen molar-refractivity contribution in [3.05, 3.63) is 23.8 Å². The molecule has 6 heteroatoms. The first kappa shape index (κ1) is 15.8. The second-order valence-electron chi connectivity index (χ2n) is 4.07. The van der Waals surface area contributed by atoms with Gasteiger partial charge in [0, 0.05) is 0 Å². The summed E-state index contributed by atoms with van der Waals surface area (Å²) in [5.74, 6) is -1.78. The Morgan fingerprint density at radius 2 is 1.90 bits per heavy atom. The van der Waals surface area contributed by atoms with Crippen molar-refractivity contribution in [2.75, 3.05) is 13.7 Å². The lowest BCUT2D eigenvalue weighted by Gasteiger charge is -2.07. The van der Waals surface area contributed by atoms with Crippen LogP contribution in [0.3, 0.4) is 0 Å². The van der Waals surface area contributed by atoms with Crippen molar-refractivity contribution in [2.45, 2.75) is 26.4 Å². The van der Waals surface area contributed by atoms with E-state index in [0.717, 1.165) is 6.42 Å². The van der Waals surface area contributed by atoms with Crippen LogP contribution in [0.2, 0.25) is 0 Å². The molecule has 0 radical (unpaired) electrons. The number of benzene rings is 1. The average molecular weight is 282 g/mol. The van der Waals surface area contributed by atoms with E-state index in [2.05, 4.69) is 0 Å². The minimum atomic E-state index is -1.03. The highest BCUT2D eigenvalue weighted by atomic mass is 16.6. The molecule has 6 nitrogen and oxygen atoms in total. The fraction of sp³-hybridized carbons (Fsp3) is 0.429. The number of ether oxygens (including phenoxy) is 3. The fourth-order valence-corrected chi connectivity index (χ4v) is 1.39. The maximum atomic E-state index is 11.4. The number of methoxy groups -OCH3 is 1. The van der Waals surface area contributed by atoms with E-state index in [9.17, 15) is 14.7 Å². The molecule has 1 N–H and O–H groups in total. The molecule has 20 heavy (non-hydrogen) atoms. The van der Waals surface area contributed by atoms with Crippen molar-refractivity contribution in [3.8, 4) is 11.5 Å². The molecular formula is C14H18O6. The molecule has 0 amide bonds. The van der Waals surface area contributed by atoms with Crippen LogP contribution >= 0.6 is 0 Å². The molecule has 0 saturated heterocycles. The molecule has 0 aliphatic heterocycles. The van der Waals surface area contributed by atoms with Crippen LogP contribution in [0.25, 0.3) is 0 Å². The lowest BCUT2D eigenvalue weighted by Crippen LogP contribution is -2.20. The van der Waals surface area contributed by atoms with E-state index in [1.54, 1.807) is 6.07 Å². The van der Waals surface area contributed by atoms with Gasteiger partial charge in [-0.25, -0.2) is 9.59 Å². The molecule has 110 valence electrons. The number of phenols is 1. The highest BCUT2D eigenvalue weighted by Gasteiger charge is 2.17. The van der Waals surface area contributed by atoms with Crippen molar-refractivity contribution >= 4 is 11.9 Å². The van der Waals surface area contributed by atoms with Gasteiger partial charge in [-0.3, -0.25) is 0 Å². The van der Waals surface area contributed by atoms with E-state index in [1.807, 2.05) is 6.92 Å². The maximum absolute atomic E-state index is 11.4. The molecular weight excluding hydrogens is 264 g/mol. The van der Waals surface area contributed by atoms with Gasteiger partial charge in [-0.1, -0.05) is 19.4 Å². The molecule has 0 spiro atoms. The minimum Gasteiger partial charge on any atom is -0.504 e. The molecule has 0 saturated carbocycles. The number of carbonyl (C=O) groups excluding carboxylic acids is 2. The van der Waals surface area contributed by atoms with Crippen LogP contribution < -0.4 is 4.74 Å². The quantitative estimate of drug-likeness (QED) is 0.486. The van der Waals surface area contributed by atoms with Crippen LogP contribution in [-0.4, -0.2) is 30.8 Å². The number of rotatable bonds is 6. The van der Waals surface area contributed by atoms with E-state index in [4.69, 9.17) is 14.2 Å². The lowest BCUT2D eigenvalue weighted by atomic mass is 10.2. The molecule has 0 unspecified atom stereocenters. The minimum absolute atomic E-state index is 0.0125. The molecule has 0 atom stereocenters. The van der Waals surface area contributed by atoms with Crippen LogP contribution in [0.15, 0.2) is 18.2 Å². The van der Waals surface area contributed by atoms with E-state index in [1.165, 1.54) is 19.2 Å². The second-order valence-corrected chi connectivity index (χ2v) is 4.07. The zero-order valence-electron chi connectivity index (χ0n) is 11.5. The zero-order chi connectivity index (χ0) is 15.0. The van der Waals surface area contributed by atoms with Crippen molar-refractivity contribution < 1.29 is 28.9 Å². The lowest BCUT2D eigenvalue weighted by molar-refractivity contribution is -0.168. The summed E-state index contributed by atoms with van der Waals surface area (Å²) >= 11 is 0. The molecule has 0 heterocycles. The van der Waals surface area contributed by atoms with Crippen LogP contribution in [0.5, 0.6) is 11.5 Å². The van der Waals surface area contributed by atoms with Gasteiger partial charge in [0.05, 0.1) is 13.7 Å². The van der Waals surface area contributed by atoms with Crippen molar-refractivity contribution in [1.82, 2.24) is 0 Å². The fourth-order valence-electron chi connectivity index (χ4n) is 1.39. The Bertz CT molecular complexity index is 469. The van der Waals surface area contributed by atoms with Gasteiger partial charge in [0.15, 0.2) is 11.5 Å². The number of phenolic OH excluding ortho intramolecular Hbond substituents is 1. The normalized spacial score (nSPS) is 9.90. The van der Waals surface area contributed by atoms with Crippen LogP contribution in [-0.2, 0) is 25.7 Å². The SMILES string of the molecule is CCCCOC(=O)C(=O)OCc1ccc(O)c(OC)c1. The number of esters is 2. The molecule has 0 aromatic heterocycles. The third kappa shape index (κ3) is 4.79. The van der Waals surface area contributed by atoms with E-state index >= 15 is 0 Å². The molecule has 1 aromatic rings. The Balaban J connectivity index is 2.46. The summed E-state index contributed by atoms with van der Waals surface area (Å²) in [6, 6.07) is 4.50. The molecule has 0 aliphatic rings. The van der Waals surface area contributed by atoms with E-state index in [0.29, 0.717) is 12.0 Å². The Kier molecular flexibility index (Phi) is 6.36. The highest BCUT2D eigenvalue weighted by Crippen LogP contribution is 2.26. The van der Waals surface area contributed by atoms with Gasteiger partial charge in [0.2, 0.25) is 0 Å². The number of aromatic hydroxyl groups is 1. The van der Waals surface area contributed by atoms with Crippen molar-refractivity contribution in [2.24, 2.45) is 0 Å². The topological polar surface area (TPSA) is 82.1 Å². The molecule has 1 rings (SSSR count). The van der Waals surface area contributed by atoms with Gasteiger partial charge in [-0.05, 0) is 24.1 Å².